The van der Waals surface area contributed by atoms with E-state index in [4.69, 9.17) is 16.3 Å². The van der Waals surface area contributed by atoms with Gasteiger partial charge in [0, 0.05) is 5.56 Å². The predicted octanol–water partition coefficient (Wildman–Crippen LogP) is 5.48. The van der Waals surface area contributed by atoms with Gasteiger partial charge in [0.25, 0.3) is 5.91 Å². The Bertz CT molecular complexity index is 1320. The van der Waals surface area contributed by atoms with Crippen LogP contribution in [0.3, 0.4) is 0 Å². The number of anilines is 2. The number of benzene rings is 3. The number of hydrogen-bond acceptors (Lipinski definition) is 4. The van der Waals surface area contributed by atoms with Crippen molar-refractivity contribution in [2.75, 3.05) is 22.5 Å². The van der Waals surface area contributed by atoms with E-state index in [1.165, 1.54) is 42.5 Å². The van der Waals surface area contributed by atoms with Crippen LogP contribution in [0.1, 0.15) is 11.1 Å². The number of amides is 1. The van der Waals surface area contributed by atoms with Crippen LogP contribution >= 0.6 is 11.6 Å². The summed E-state index contributed by atoms with van der Waals surface area (Å²) < 4.78 is 83.5. The first-order valence-corrected chi connectivity index (χ1v) is 12.2. The quantitative estimate of drug-likeness (QED) is 0.391. The van der Waals surface area contributed by atoms with E-state index < -0.39 is 40.1 Å². The molecule has 6 nitrogen and oxygen atoms in total. The van der Waals surface area contributed by atoms with E-state index >= 15 is 0 Å². The van der Waals surface area contributed by atoms with Gasteiger partial charge in [-0.05, 0) is 48.5 Å². The molecule has 0 saturated carbocycles. The number of rotatable bonds is 8. The predicted molar refractivity (Wildman–Crippen MR) is 124 cm³/mol. The zero-order chi connectivity index (χ0) is 25.8. The molecule has 0 unspecified atom stereocenters. The third kappa shape index (κ3) is 7.09. The SMILES string of the molecule is CS(=O)(=O)N(Cc1ccccc1F)c1ccc(OCC(=O)Nc2cc(C(F)(F)F)ccc2Cl)cc1. The summed E-state index contributed by atoms with van der Waals surface area (Å²) in [5.74, 6) is -1.11. The van der Waals surface area contributed by atoms with Crippen molar-refractivity contribution in [2.24, 2.45) is 0 Å². The van der Waals surface area contributed by atoms with Crippen molar-refractivity contribution in [3.05, 3.63) is 88.7 Å². The first-order valence-electron chi connectivity index (χ1n) is 9.95. The summed E-state index contributed by atoms with van der Waals surface area (Å²) in [4.78, 5) is 12.1. The van der Waals surface area contributed by atoms with Crippen LogP contribution in [-0.2, 0) is 27.5 Å². The summed E-state index contributed by atoms with van der Waals surface area (Å²) in [5, 5.41) is 2.18. The average Bonchev–Trinajstić information content (AvgIpc) is 2.77. The van der Waals surface area contributed by atoms with Crippen molar-refractivity contribution in [3.8, 4) is 5.75 Å². The lowest BCUT2D eigenvalue weighted by Crippen LogP contribution is -2.29. The maximum absolute atomic E-state index is 14.0. The molecule has 3 rings (SSSR count). The molecule has 0 aliphatic rings. The third-order valence-corrected chi connectivity index (χ3v) is 6.20. The monoisotopic (exact) mass is 530 g/mol. The van der Waals surface area contributed by atoms with E-state index in [1.54, 1.807) is 6.07 Å². The fourth-order valence-corrected chi connectivity index (χ4v) is 4.07. The van der Waals surface area contributed by atoms with Crippen LogP contribution in [0.2, 0.25) is 5.02 Å². The topological polar surface area (TPSA) is 75.7 Å². The Morgan fingerprint density at radius 2 is 1.71 bits per heavy atom. The number of sulfonamides is 1. The molecule has 0 aliphatic heterocycles. The Balaban J connectivity index is 1.67. The number of halogens is 5. The Hall–Kier alpha value is -3.31. The molecule has 0 spiro atoms. The fraction of sp³-hybridized carbons (Fsp3) is 0.174. The van der Waals surface area contributed by atoms with Crippen LogP contribution in [0.5, 0.6) is 5.75 Å². The van der Waals surface area contributed by atoms with Crippen molar-refractivity contribution >= 4 is 38.9 Å². The zero-order valence-electron chi connectivity index (χ0n) is 18.1. The largest absolute Gasteiger partial charge is 0.484 e. The van der Waals surface area contributed by atoms with Crippen molar-refractivity contribution < 1.29 is 35.5 Å². The van der Waals surface area contributed by atoms with Crippen molar-refractivity contribution in [2.45, 2.75) is 12.7 Å². The smallest absolute Gasteiger partial charge is 0.416 e. The lowest BCUT2D eigenvalue weighted by atomic mass is 10.2. The summed E-state index contributed by atoms with van der Waals surface area (Å²) in [7, 11) is -3.76. The number of carbonyl (C=O) groups is 1. The zero-order valence-corrected chi connectivity index (χ0v) is 19.7. The molecule has 1 amide bonds. The van der Waals surface area contributed by atoms with Gasteiger partial charge in [-0.15, -0.1) is 0 Å². The Labute approximate surface area is 204 Å². The highest BCUT2D eigenvalue weighted by atomic mass is 35.5. The van der Waals surface area contributed by atoms with Gasteiger partial charge in [0.2, 0.25) is 10.0 Å². The summed E-state index contributed by atoms with van der Waals surface area (Å²) in [6, 6.07) is 13.9. The number of alkyl halides is 3. The summed E-state index contributed by atoms with van der Waals surface area (Å²) >= 11 is 5.86. The molecule has 0 heterocycles. The van der Waals surface area contributed by atoms with E-state index in [2.05, 4.69) is 5.32 Å². The molecule has 3 aromatic carbocycles. The molecular weight excluding hydrogens is 512 g/mol. The number of hydrogen-bond donors (Lipinski definition) is 1. The second-order valence-corrected chi connectivity index (χ2v) is 9.70. The number of nitrogens with one attached hydrogen (secondary N) is 1. The van der Waals surface area contributed by atoms with Crippen LogP contribution in [0.25, 0.3) is 0 Å². The van der Waals surface area contributed by atoms with Crippen LogP contribution in [0.15, 0.2) is 66.7 Å². The molecule has 186 valence electrons. The molecule has 0 saturated heterocycles. The second kappa shape index (κ2) is 10.5. The van der Waals surface area contributed by atoms with Gasteiger partial charge in [-0.3, -0.25) is 9.10 Å². The highest BCUT2D eigenvalue weighted by Gasteiger charge is 2.31. The first kappa shape index (κ1) is 26.3. The Morgan fingerprint density at radius 1 is 1.06 bits per heavy atom. The lowest BCUT2D eigenvalue weighted by molar-refractivity contribution is -0.137. The molecule has 0 bridgehead atoms. The highest BCUT2D eigenvalue weighted by Crippen LogP contribution is 2.34. The molecule has 0 radical (unpaired) electrons. The van der Waals surface area contributed by atoms with Gasteiger partial charge >= 0.3 is 6.18 Å². The van der Waals surface area contributed by atoms with Crippen molar-refractivity contribution in [1.29, 1.82) is 0 Å². The molecule has 0 aliphatic carbocycles. The normalized spacial score (nSPS) is 11.7. The maximum atomic E-state index is 14.0. The third-order valence-electron chi connectivity index (χ3n) is 4.73. The van der Waals surface area contributed by atoms with E-state index in [1.807, 2.05) is 0 Å². The summed E-state index contributed by atoms with van der Waals surface area (Å²) in [5.41, 5.74) is -0.770. The molecule has 35 heavy (non-hydrogen) atoms. The first-order chi connectivity index (χ1) is 16.3. The second-order valence-electron chi connectivity index (χ2n) is 7.38. The Kier molecular flexibility index (Phi) is 7.91. The minimum atomic E-state index is -4.60. The minimum Gasteiger partial charge on any atom is -0.484 e. The van der Waals surface area contributed by atoms with Gasteiger partial charge in [0.15, 0.2) is 6.61 Å². The number of carbonyl (C=O) groups excluding carboxylic acids is 1. The van der Waals surface area contributed by atoms with Gasteiger partial charge in [0.1, 0.15) is 11.6 Å². The number of ether oxygens (including phenoxy) is 1. The van der Waals surface area contributed by atoms with Crippen molar-refractivity contribution in [1.82, 2.24) is 0 Å². The number of nitrogens with zero attached hydrogens (tertiary/aromatic N) is 1. The van der Waals surface area contributed by atoms with Gasteiger partial charge in [-0.1, -0.05) is 29.8 Å². The summed E-state index contributed by atoms with van der Waals surface area (Å²) in [6.45, 7) is -0.775. The standard InChI is InChI=1S/C23H19ClF4N2O4S/c1-35(32,33)30(13-15-4-2-3-5-20(15)25)17-7-9-18(10-8-17)34-14-22(31)29-21-12-16(23(26,27)28)6-11-19(21)24/h2-12H,13-14H2,1H3,(H,29,31). The van der Waals surface area contributed by atoms with Crippen LogP contribution < -0.4 is 14.4 Å². The molecule has 3 aromatic rings. The summed E-state index contributed by atoms with van der Waals surface area (Å²) in [6.07, 6.45) is -3.62. The molecule has 0 atom stereocenters. The lowest BCUT2D eigenvalue weighted by Gasteiger charge is -2.23. The molecule has 1 N–H and O–H groups in total. The molecule has 12 heteroatoms. The van der Waals surface area contributed by atoms with Crippen LogP contribution in [0.4, 0.5) is 28.9 Å². The molecule has 0 aromatic heterocycles. The van der Waals surface area contributed by atoms with Gasteiger partial charge in [0.05, 0.1) is 34.8 Å². The molecule has 0 fully saturated rings. The highest BCUT2D eigenvalue weighted by molar-refractivity contribution is 7.92. The van der Waals surface area contributed by atoms with E-state index in [0.29, 0.717) is 6.07 Å². The minimum absolute atomic E-state index is 0.0774. The average molecular weight is 531 g/mol. The van der Waals surface area contributed by atoms with Crippen LogP contribution in [-0.4, -0.2) is 27.2 Å². The molecular formula is C23H19ClF4N2O4S. The van der Waals surface area contributed by atoms with Gasteiger partial charge < -0.3 is 10.1 Å². The van der Waals surface area contributed by atoms with Crippen molar-refractivity contribution in [3.63, 3.8) is 0 Å². The van der Waals surface area contributed by atoms with Gasteiger partial charge in [-0.25, -0.2) is 12.8 Å². The fourth-order valence-electron chi connectivity index (χ4n) is 3.02. The van der Waals surface area contributed by atoms with Crippen LogP contribution in [0, 0.1) is 5.82 Å². The maximum Gasteiger partial charge on any atom is 0.416 e. The Morgan fingerprint density at radius 3 is 2.31 bits per heavy atom. The van der Waals surface area contributed by atoms with E-state index in [9.17, 15) is 30.8 Å². The van der Waals surface area contributed by atoms with E-state index in [0.717, 1.165) is 22.7 Å². The van der Waals surface area contributed by atoms with Gasteiger partial charge in [-0.2, -0.15) is 13.2 Å². The van der Waals surface area contributed by atoms with E-state index in [-0.39, 0.29) is 34.3 Å².